The van der Waals surface area contributed by atoms with Gasteiger partial charge >= 0.3 is 5.76 Å². The van der Waals surface area contributed by atoms with Crippen LogP contribution in [0.3, 0.4) is 0 Å². The summed E-state index contributed by atoms with van der Waals surface area (Å²) in [4.78, 5) is 26.0. The van der Waals surface area contributed by atoms with Gasteiger partial charge in [0.1, 0.15) is 12.8 Å². The molecular formula is C15H19N3O4. The topological polar surface area (TPSA) is 81.5 Å². The Morgan fingerprint density at radius 3 is 2.73 bits per heavy atom. The minimum atomic E-state index is -0.636. The van der Waals surface area contributed by atoms with Crippen molar-refractivity contribution < 1.29 is 13.6 Å². The van der Waals surface area contributed by atoms with Crippen LogP contribution in [0, 0.1) is 11.8 Å². The largest absolute Gasteiger partial charge is 0.472 e. The van der Waals surface area contributed by atoms with Gasteiger partial charge in [0.2, 0.25) is 5.91 Å². The van der Waals surface area contributed by atoms with Crippen LogP contribution in [0.15, 0.2) is 32.2 Å². The number of aromatic nitrogens is 2. The Bertz CT molecular complexity index is 691. The Hall–Kier alpha value is -2.31. The van der Waals surface area contributed by atoms with Crippen LogP contribution in [0.25, 0.3) is 11.5 Å². The van der Waals surface area contributed by atoms with Crippen molar-refractivity contribution in [3.8, 4) is 11.5 Å². The second-order valence-electron chi connectivity index (χ2n) is 6.09. The second-order valence-corrected chi connectivity index (χ2v) is 6.09. The molecule has 0 aliphatic carbocycles. The third kappa shape index (κ3) is 2.98. The highest BCUT2D eigenvalue weighted by Gasteiger charge is 2.26. The normalized spacial score (nSPS) is 22.0. The molecule has 3 rings (SSSR count). The molecule has 1 aliphatic heterocycles. The highest BCUT2D eigenvalue weighted by molar-refractivity contribution is 5.76. The number of rotatable bonds is 3. The van der Waals surface area contributed by atoms with Crippen LogP contribution in [0.4, 0.5) is 0 Å². The van der Waals surface area contributed by atoms with Gasteiger partial charge < -0.3 is 13.7 Å². The van der Waals surface area contributed by atoms with Gasteiger partial charge in [0.05, 0.1) is 11.8 Å². The Kier molecular flexibility index (Phi) is 3.87. The molecule has 0 N–H and O–H groups in total. The molecule has 118 valence electrons. The maximum absolute atomic E-state index is 12.4. The van der Waals surface area contributed by atoms with Crippen molar-refractivity contribution in [3.63, 3.8) is 0 Å². The van der Waals surface area contributed by atoms with Crippen molar-refractivity contribution in [2.75, 3.05) is 13.1 Å². The molecule has 0 saturated carbocycles. The predicted molar refractivity (Wildman–Crippen MR) is 78.0 cm³/mol. The number of amides is 1. The number of carbonyl (C=O) groups is 1. The van der Waals surface area contributed by atoms with Gasteiger partial charge in [-0.05, 0) is 24.3 Å². The maximum atomic E-state index is 12.4. The van der Waals surface area contributed by atoms with E-state index in [0.717, 1.165) is 24.2 Å². The van der Waals surface area contributed by atoms with Crippen LogP contribution in [0.5, 0.6) is 0 Å². The number of hydrogen-bond acceptors (Lipinski definition) is 5. The molecule has 1 amide bonds. The van der Waals surface area contributed by atoms with Crippen LogP contribution in [-0.2, 0) is 11.3 Å². The average Bonchev–Trinajstić information content (AvgIpc) is 3.08. The molecule has 0 unspecified atom stereocenters. The van der Waals surface area contributed by atoms with Crippen molar-refractivity contribution in [2.45, 2.75) is 26.8 Å². The van der Waals surface area contributed by atoms with Crippen LogP contribution in [0.1, 0.15) is 20.3 Å². The molecule has 7 nitrogen and oxygen atoms in total. The van der Waals surface area contributed by atoms with Crippen molar-refractivity contribution in [1.82, 2.24) is 14.7 Å². The van der Waals surface area contributed by atoms with E-state index in [1.807, 2.05) is 0 Å². The van der Waals surface area contributed by atoms with Gasteiger partial charge in [-0.3, -0.25) is 4.79 Å². The number of hydrogen-bond donors (Lipinski definition) is 0. The van der Waals surface area contributed by atoms with E-state index < -0.39 is 5.76 Å². The SMILES string of the molecule is C[C@@H]1C[C@@H](C)CN(C(=O)Cn2nc(-c3ccoc3)oc2=O)C1. The van der Waals surface area contributed by atoms with Gasteiger partial charge in [-0.25, -0.2) is 4.79 Å². The molecule has 2 atom stereocenters. The van der Waals surface area contributed by atoms with Crippen molar-refractivity contribution >= 4 is 5.91 Å². The van der Waals surface area contributed by atoms with Crippen molar-refractivity contribution in [3.05, 3.63) is 29.1 Å². The van der Waals surface area contributed by atoms with Crippen LogP contribution >= 0.6 is 0 Å². The third-order valence-corrected chi connectivity index (χ3v) is 3.88. The molecule has 2 aromatic rings. The van der Waals surface area contributed by atoms with Gasteiger partial charge in [0.25, 0.3) is 5.89 Å². The molecule has 0 aromatic carbocycles. The smallest absolute Gasteiger partial charge is 0.437 e. The van der Waals surface area contributed by atoms with E-state index in [4.69, 9.17) is 8.83 Å². The van der Waals surface area contributed by atoms with Crippen molar-refractivity contribution in [1.29, 1.82) is 0 Å². The number of piperidine rings is 1. The molecule has 0 spiro atoms. The van der Waals surface area contributed by atoms with Gasteiger partial charge in [-0.1, -0.05) is 13.8 Å². The lowest BCUT2D eigenvalue weighted by atomic mass is 9.92. The highest BCUT2D eigenvalue weighted by Crippen LogP contribution is 2.21. The van der Waals surface area contributed by atoms with E-state index in [1.165, 1.54) is 12.5 Å². The number of nitrogens with zero attached hydrogens (tertiary/aromatic N) is 3. The lowest BCUT2D eigenvalue weighted by molar-refractivity contribution is -0.134. The summed E-state index contributed by atoms with van der Waals surface area (Å²) in [5, 5.41) is 4.06. The van der Waals surface area contributed by atoms with Crippen LogP contribution in [0.2, 0.25) is 0 Å². The molecule has 2 aromatic heterocycles. The maximum Gasteiger partial charge on any atom is 0.437 e. The average molecular weight is 305 g/mol. The fourth-order valence-electron chi connectivity index (χ4n) is 3.00. The van der Waals surface area contributed by atoms with Gasteiger partial charge in [-0.15, -0.1) is 5.10 Å². The molecule has 1 saturated heterocycles. The van der Waals surface area contributed by atoms with Crippen molar-refractivity contribution in [2.24, 2.45) is 11.8 Å². The number of likely N-dealkylation sites (tertiary alicyclic amines) is 1. The minimum absolute atomic E-state index is 0.0976. The predicted octanol–water partition coefficient (Wildman–Crippen LogP) is 1.60. The quantitative estimate of drug-likeness (QED) is 0.860. The van der Waals surface area contributed by atoms with Crippen LogP contribution in [-0.4, -0.2) is 33.7 Å². The van der Waals surface area contributed by atoms with Gasteiger partial charge in [0.15, 0.2) is 0 Å². The summed E-state index contributed by atoms with van der Waals surface area (Å²) >= 11 is 0. The lowest BCUT2D eigenvalue weighted by Crippen LogP contribution is -2.44. The van der Waals surface area contributed by atoms with E-state index in [9.17, 15) is 9.59 Å². The van der Waals surface area contributed by atoms with Gasteiger partial charge in [0, 0.05) is 13.1 Å². The Balaban J connectivity index is 1.73. The van der Waals surface area contributed by atoms with E-state index >= 15 is 0 Å². The van der Waals surface area contributed by atoms with Crippen LogP contribution < -0.4 is 5.76 Å². The van der Waals surface area contributed by atoms with E-state index in [1.54, 1.807) is 11.0 Å². The van der Waals surface area contributed by atoms with E-state index in [-0.39, 0.29) is 18.3 Å². The zero-order chi connectivity index (χ0) is 15.7. The zero-order valence-corrected chi connectivity index (χ0v) is 12.7. The number of carbonyl (C=O) groups excluding carboxylic acids is 1. The molecule has 0 radical (unpaired) electrons. The monoisotopic (exact) mass is 305 g/mol. The lowest BCUT2D eigenvalue weighted by Gasteiger charge is -2.34. The summed E-state index contributed by atoms with van der Waals surface area (Å²) in [5.41, 5.74) is 0.573. The Morgan fingerprint density at radius 1 is 1.36 bits per heavy atom. The highest BCUT2D eigenvalue weighted by atomic mass is 16.4. The molecule has 7 heteroatoms. The molecule has 1 fully saturated rings. The first-order valence-electron chi connectivity index (χ1n) is 7.41. The molecule has 1 aliphatic rings. The summed E-state index contributed by atoms with van der Waals surface area (Å²) in [5.74, 6) is 0.369. The summed E-state index contributed by atoms with van der Waals surface area (Å²) in [7, 11) is 0. The first-order valence-corrected chi connectivity index (χ1v) is 7.41. The van der Waals surface area contributed by atoms with Gasteiger partial charge in [-0.2, -0.15) is 4.68 Å². The summed E-state index contributed by atoms with van der Waals surface area (Å²) in [6.07, 6.45) is 4.03. The first-order chi connectivity index (χ1) is 10.5. The first kappa shape index (κ1) is 14.6. The molecule has 3 heterocycles. The van der Waals surface area contributed by atoms with E-state index in [2.05, 4.69) is 18.9 Å². The molecular weight excluding hydrogens is 286 g/mol. The minimum Gasteiger partial charge on any atom is -0.472 e. The summed E-state index contributed by atoms with van der Waals surface area (Å²) in [6.45, 7) is 5.62. The zero-order valence-electron chi connectivity index (χ0n) is 12.7. The Morgan fingerprint density at radius 2 is 2.09 bits per heavy atom. The molecule has 22 heavy (non-hydrogen) atoms. The summed E-state index contributed by atoms with van der Waals surface area (Å²) in [6, 6.07) is 1.64. The standard InChI is InChI=1S/C15H19N3O4/c1-10-5-11(2)7-17(6-10)13(19)8-18-15(20)22-14(16-18)12-3-4-21-9-12/h3-4,9-11H,5-8H2,1-2H3/t10-,11-/m1/s1. The fourth-order valence-corrected chi connectivity index (χ4v) is 3.00. The summed E-state index contributed by atoms with van der Waals surface area (Å²) < 4.78 is 11.1. The second kappa shape index (κ2) is 5.82. The fraction of sp³-hybridized carbons (Fsp3) is 0.533. The third-order valence-electron chi connectivity index (χ3n) is 3.88. The van der Waals surface area contributed by atoms with E-state index in [0.29, 0.717) is 17.4 Å². The number of furan rings is 1. The molecule has 0 bridgehead atoms. The Labute approximate surface area is 127 Å².